The molecule has 0 spiro atoms. The molecule has 0 aromatic heterocycles. The second-order valence-corrected chi connectivity index (χ2v) is 7.46. The van der Waals surface area contributed by atoms with Gasteiger partial charge in [0.2, 0.25) is 0 Å². The Morgan fingerprint density at radius 2 is 1.95 bits per heavy atom. The Morgan fingerprint density at radius 3 is 2.47 bits per heavy atom. The molecule has 0 heterocycles. The number of fused-ring (bicyclic) bond motifs is 2. The van der Waals surface area contributed by atoms with Crippen LogP contribution >= 0.6 is 31.9 Å². The molecule has 19 heavy (non-hydrogen) atoms. The fraction of sp³-hybridized carbons (Fsp3) is 0.600. The molecule has 3 unspecified atom stereocenters. The maximum absolute atomic E-state index is 5.33. The molecule has 2 nitrogen and oxygen atoms in total. The molecule has 2 saturated carbocycles. The van der Waals surface area contributed by atoms with Crippen LogP contribution in [0.1, 0.15) is 31.2 Å². The molecule has 0 aliphatic heterocycles. The van der Waals surface area contributed by atoms with Crippen LogP contribution in [0, 0.1) is 11.8 Å². The Morgan fingerprint density at radius 1 is 1.21 bits per heavy atom. The van der Waals surface area contributed by atoms with Crippen LogP contribution in [0.15, 0.2) is 21.1 Å². The van der Waals surface area contributed by atoms with E-state index in [0.29, 0.717) is 0 Å². The maximum atomic E-state index is 5.33. The Kier molecular flexibility index (Phi) is 4.20. The number of benzene rings is 1. The molecule has 2 fully saturated rings. The second-order valence-electron chi connectivity index (χ2n) is 5.75. The van der Waals surface area contributed by atoms with Gasteiger partial charge in [0.05, 0.1) is 16.1 Å². The molecule has 2 bridgehead atoms. The van der Waals surface area contributed by atoms with Gasteiger partial charge in [0.15, 0.2) is 0 Å². The van der Waals surface area contributed by atoms with Crippen molar-refractivity contribution in [3.8, 4) is 5.75 Å². The molecule has 3 rings (SSSR count). The van der Waals surface area contributed by atoms with E-state index in [1.54, 1.807) is 7.11 Å². The lowest BCUT2D eigenvalue weighted by atomic mass is 9.95. The van der Waals surface area contributed by atoms with Gasteiger partial charge in [-0.25, -0.2) is 0 Å². The topological polar surface area (TPSA) is 21.3 Å². The van der Waals surface area contributed by atoms with E-state index in [0.717, 1.165) is 39.1 Å². The fourth-order valence-electron chi connectivity index (χ4n) is 3.65. The highest BCUT2D eigenvalue weighted by atomic mass is 79.9. The standard InChI is InChI=1S/C15H19Br2NO/c1-19-15-12(16)5-10(6-13(15)17)8-18-14-7-9-2-3-11(14)4-9/h5-6,9,11,14,18H,2-4,7-8H2,1H3. The predicted molar refractivity (Wildman–Crippen MR) is 84.5 cm³/mol. The highest BCUT2D eigenvalue weighted by molar-refractivity contribution is 9.11. The van der Waals surface area contributed by atoms with Gasteiger partial charge in [0.25, 0.3) is 0 Å². The van der Waals surface area contributed by atoms with Gasteiger partial charge in [0, 0.05) is 12.6 Å². The lowest BCUT2D eigenvalue weighted by Gasteiger charge is -2.23. The summed E-state index contributed by atoms with van der Waals surface area (Å²) in [6, 6.07) is 5.02. The average Bonchev–Trinajstić information content (AvgIpc) is 2.98. The number of ether oxygens (including phenoxy) is 1. The molecule has 2 aliphatic carbocycles. The molecule has 4 heteroatoms. The van der Waals surface area contributed by atoms with Gasteiger partial charge < -0.3 is 10.1 Å². The highest BCUT2D eigenvalue weighted by Gasteiger charge is 2.38. The van der Waals surface area contributed by atoms with Crippen molar-refractivity contribution in [2.45, 2.75) is 38.3 Å². The molecule has 0 saturated heterocycles. The lowest BCUT2D eigenvalue weighted by Crippen LogP contribution is -2.33. The van der Waals surface area contributed by atoms with E-state index >= 15 is 0 Å². The quantitative estimate of drug-likeness (QED) is 0.819. The summed E-state index contributed by atoms with van der Waals surface area (Å²) in [6.07, 6.45) is 5.72. The van der Waals surface area contributed by atoms with Gasteiger partial charge in [0.1, 0.15) is 5.75 Å². The monoisotopic (exact) mass is 387 g/mol. The largest absolute Gasteiger partial charge is 0.494 e. The number of hydrogen-bond acceptors (Lipinski definition) is 2. The average molecular weight is 389 g/mol. The SMILES string of the molecule is COc1c(Br)cc(CNC2CC3CCC2C3)cc1Br. The minimum atomic E-state index is 0.735. The smallest absolute Gasteiger partial charge is 0.147 e. The first-order valence-electron chi connectivity index (χ1n) is 6.92. The number of halogens is 2. The molecular weight excluding hydrogens is 370 g/mol. The molecule has 3 atom stereocenters. The van der Waals surface area contributed by atoms with Crippen LogP contribution in [0.5, 0.6) is 5.75 Å². The van der Waals surface area contributed by atoms with Crippen molar-refractivity contribution < 1.29 is 4.74 Å². The van der Waals surface area contributed by atoms with Crippen molar-refractivity contribution in [3.63, 3.8) is 0 Å². The Balaban J connectivity index is 1.64. The minimum Gasteiger partial charge on any atom is -0.494 e. The van der Waals surface area contributed by atoms with Gasteiger partial charge in [-0.15, -0.1) is 0 Å². The predicted octanol–water partition coefficient (Wildman–Crippen LogP) is 4.50. The second kappa shape index (κ2) is 5.74. The zero-order valence-electron chi connectivity index (χ0n) is 11.1. The third kappa shape index (κ3) is 2.86. The number of nitrogens with one attached hydrogen (secondary N) is 1. The van der Waals surface area contributed by atoms with Crippen molar-refractivity contribution in [2.75, 3.05) is 7.11 Å². The molecule has 1 aromatic carbocycles. The van der Waals surface area contributed by atoms with Crippen molar-refractivity contribution in [3.05, 3.63) is 26.6 Å². The van der Waals surface area contributed by atoms with Crippen LogP contribution in [0.3, 0.4) is 0 Å². The third-order valence-electron chi connectivity index (χ3n) is 4.57. The van der Waals surface area contributed by atoms with E-state index in [1.165, 1.54) is 31.2 Å². The number of rotatable bonds is 4. The third-order valence-corrected chi connectivity index (χ3v) is 5.75. The van der Waals surface area contributed by atoms with E-state index in [9.17, 15) is 0 Å². The van der Waals surface area contributed by atoms with E-state index in [-0.39, 0.29) is 0 Å². The summed E-state index contributed by atoms with van der Waals surface area (Å²) >= 11 is 7.12. The Bertz CT molecular complexity index is 454. The van der Waals surface area contributed by atoms with Crippen LogP contribution in [-0.4, -0.2) is 13.2 Å². The van der Waals surface area contributed by atoms with Crippen LogP contribution in [0.4, 0.5) is 0 Å². The summed E-state index contributed by atoms with van der Waals surface area (Å²) in [5, 5.41) is 3.74. The summed E-state index contributed by atoms with van der Waals surface area (Å²) in [5.41, 5.74) is 1.29. The van der Waals surface area contributed by atoms with E-state index < -0.39 is 0 Å². The zero-order chi connectivity index (χ0) is 13.4. The Hall–Kier alpha value is -0.0600. The number of methoxy groups -OCH3 is 1. The summed E-state index contributed by atoms with van der Waals surface area (Å²) in [5.74, 6) is 2.79. The highest BCUT2D eigenvalue weighted by Crippen LogP contribution is 2.44. The first kappa shape index (κ1) is 13.9. The van der Waals surface area contributed by atoms with Crippen molar-refractivity contribution in [2.24, 2.45) is 11.8 Å². The summed E-state index contributed by atoms with van der Waals surface area (Å²) in [4.78, 5) is 0. The van der Waals surface area contributed by atoms with Gasteiger partial charge in [-0.1, -0.05) is 6.42 Å². The molecule has 104 valence electrons. The zero-order valence-corrected chi connectivity index (χ0v) is 14.3. The summed E-state index contributed by atoms with van der Waals surface area (Å²) < 4.78 is 7.35. The Labute approximate surface area is 131 Å². The van der Waals surface area contributed by atoms with E-state index in [4.69, 9.17) is 4.74 Å². The van der Waals surface area contributed by atoms with Gasteiger partial charge in [-0.05, 0) is 80.7 Å². The molecule has 1 N–H and O–H groups in total. The van der Waals surface area contributed by atoms with Crippen LogP contribution in [0.25, 0.3) is 0 Å². The summed E-state index contributed by atoms with van der Waals surface area (Å²) in [7, 11) is 1.69. The maximum Gasteiger partial charge on any atom is 0.147 e. The van der Waals surface area contributed by atoms with Crippen LogP contribution in [0.2, 0.25) is 0 Å². The fourth-order valence-corrected chi connectivity index (χ4v) is 5.26. The van der Waals surface area contributed by atoms with E-state index in [2.05, 4.69) is 49.3 Å². The van der Waals surface area contributed by atoms with Crippen LogP contribution < -0.4 is 10.1 Å². The minimum absolute atomic E-state index is 0.735. The van der Waals surface area contributed by atoms with Gasteiger partial charge >= 0.3 is 0 Å². The molecule has 0 radical (unpaired) electrons. The lowest BCUT2D eigenvalue weighted by molar-refractivity contribution is 0.350. The van der Waals surface area contributed by atoms with E-state index in [1.807, 2.05) is 0 Å². The van der Waals surface area contributed by atoms with Gasteiger partial charge in [-0.3, -0.25) is 0 Å². The first-order valence-corrected chi connectivity index (χ1v) is 8.51. The first-order chi connectivity index (χ1) is 9.17. The normalized spacial score (nSPS) is 28.9. The van der Waals surface area contributed by atoms with Crippen molar-refractivity contribution >= 4 is 31.9 Å². The molecular formula is C15H19Br2NO. The molecule has 1 aromatic rings. The van der Waals surface area contributed by atoms with Crippen molar-refractivity contribution in [1.82, 2.24) is 5.32 Å². The molecule has 0 amide bonds. The van der Waals surface area contributed by atoms with Crippen LogP contribution in [-0.2, 0) is 6.54 Å². The number of hydrogen-bond donors (Lipinski definition) is 1. The van der Waals surface area contributed by atoms with Gasteiger partial charge in [-0.2, -0.15) is 0 Å². The summed E-state index contributed by atoms with van der Waals surface area (Å²) in [6.45, 7) is 0.940. The van der Waals surface area contributed by atoms with Crippen molar-refractivity contribution in [1.29, 1.82) is 0 Å². The molecule has 2 aliphatic rings.